The van der Waals surface area contributed by atoms with Crippen molar-refractivity contribution in [3.63, 3.8) is 0 Å². The van der Waals surface area contributed by atoms with Gasteiger partial charge in [-0.15, -0.1) is 0 Å². The predicted octanol–water partition coefficient (Wildman–Crippen LogP) is 8.79. The molecule has 0 aliphatic heterocycles. The van der Waals surface area contributed by atoms with Crippen molar-refractivity contribution in [2.75, 3.05) is 34.3 Å². The highest BCUT2D eigenvalue weighted by atomic mass is 19.4. The van der Waals surface area contributed by atoms with Crippen molar-refractivity contribution in [3.05, 3.63) is 70.8 Å². The van der Waals surface area contributed by atoms with E-state index >= 15 is 0 Å². The molecule has 0 heterocycles. The van der Waals surface area contributed by atoms with E-state index in [1.807, 2.05) is 32.3 Å². The van der Waals surface area contributed by atoms with Gasteiger partial charge < -0.3 is 9.64 Å². The van der Waals surface area contributed by atoms with Crippen LogP contribution in [0.25, 0.3) is 0 Å². The SMILES string of the molecule is CCCC.CCCN(C)C(=O)CN(C)C(C)c1ccccc1.COC(C)c1cc(C(F)(F)F)cc(C(F)(F)F)c1. The van der Waals surface area contributed by atoms with Crippen LogP contribution in [-0.2, 0) is 21.9 Å². The summed E-state index contributed by atoms with van der Waals surface area (Å²) in [5, 5.41) is 0. The molecule has 2 atom stereocenters. The molecule has 2 unspecified atom stereocenters. The number of benzene rings is 2. The number of nitrogens with zero attached hydrogens (tertiary/aromatic N) is 2. The normalized spacial score (nSPS) is 13.0. The summed E-state index contributed by atoms with van der Waals surface area (Å²) in [5.41, 5.74) is -1.60. The maximum absolute atomic E-state index is 12.5. The zero-order valence-corrected chi connectivity index (χ0v) is 24.8. The average Bonchev–Trinajstić information content (AvgIpc) is 2.91. The van der Waals surface area contributed by atoms with Crippen molar-refractivity contribution in [2.24, 2.45) is 0 Å². The third kappa shape index (κ3) is 13.7. The van der Waals surface area contributed by atoms with Crippen LogP contribution in [0.2, 0.25) is 0 Å². The Kier molecular flexibility index (Phi) is 16.8. The highest BCUT2D eigenvalue weighted by Crippen LogP contribution is 2.37. The van der Waals surface area contributed by atoms with E-state index in [4.69, 9.17) is 4.74 Å². The van der Waals surface area contributed by atoms with Crippen LogP contribution in [0.3, 0.4) is 0 Å². The summed E-state index contributed by atoms with van der Waals surface area (Å²) >= 11 is 0. The Morgan fingerprint density at radius 2 is 1.27 bits per heavy atom. The first-order valence-corrected chi connectivity index (χ1v) is 13.3. The number of unbranched alkanes of at least 4 members (excludes halogenated alkanes) is 1. The summed E-state index contributed by atoms with van der Waals surface area (Å²) in [5.74, 6) is 0.183. The molecule has 2 rings (SSSR count). The summed E-state index contributed by atoms with van der Waals surface area (Å²) in [4.78, 5) is 15.9. The molecule has 0 bridgehead atoms. The molecule has 2 aromatic carbocycles. The van der Waals surface area contributed by atoms with E-state index < -0.39 is 29.6 Å². The van der Waals surface area contributed by atoms with Gasteiger partial charge in [-0.1, -0.05) is 63.9 Å². The Morgan fingerprint density at radius 3 is 1.65 bits per heavy atom. The number of carbonyl (C=O) groups is 1. The van der Waals surface area contributed by atoms with Crippen LogP contribution in [0, 0.1) is 0 Å². The molecule has 0 aliphatic carbocycles. The quantitative estimate of drug-likeness (QED) is 0.279. The Morgan fingerprint density at radius 1 is 0.800 bits per heavy atom. The second-order valence-corrected chi connectivity index (χ2v) is 9.53. The predicted molar refractivity (Wildman–Crippen MR) is 148 cm³/mol. The number of carbonyl (C=O) groups excluding carboxylic acids is 1. The van der Waals surface area contributed by atoms with E-state index in [0.717, 1.165) is 13.0 Å². The zero-order chi connectivity index (χ0) is 31.1. The van der Waals surface area contributed by atoms with Gasteiger partial charge in [0.25, 0.3) is 0 Å². The Bertz CT molecular complexity index is 946. The van der Waals surface area contributed by atoms with Crippen LogP contribution in [0.15, 0.2) is 48.5 Å². The summed E-state index contributed by atoms with van der Waals surface area (Å²) < 4.78 is 79.7. The van der Waals surface area contributed by atoms with Crippen molar-refractivity contribution in [1.82, 2.24) is 9.80 Å². The fourth-order valence-electron chi connectivity index (χ4n) is 3.27. The van der Waals surface area contributed by atoms with Gasteiger partial charge in [0, 0.05) is 26.7 Å². The van der Waals surface area contributed by atoms with Gasteiger partial charge in [0.15, 0.2) is 0 Å². The molecule has 228 valence electrons. The number of ether oxygens (including phenoxy) is 1. The number of alkyl halides is 6. The third-order valence-electron chi connectivity index (χ3n) is 6.25. The smallest absolute Gasteiger partial charge is 0.377 e. The minimum atomic E-state index is -4.83. The van der Waals surface area contributed by atoms with Gasteiger partial charge in [-0.3, -0.25) is 9.69 Å². The Hall–Kier alpha value is -2.59. The van der Waals surface area contributed by atoms with E-state index in [0.29, 0.717) is 18.7 Å². The third-order valence-corrected chi connectivity index (χ3v) is 6.25. The summed E-state index contributed by atoms with van der Waals surface area (Å²) in [7, 11) is 5.07. The molecule has 2 aromatic rings. The van der Waals surface area contributed by atoms with Crippen LogP contribution in [-0.4, -0.2) is 50.0 Å². The topological polar surface area (TPSA) is 32.8 Å². The van der Waals surface area contributed by atoms with Crippen molar-refractivity contribution >= 4 is 5.91 Å². The maximum atomic E-state index is 12.5. The number of hydrogen-bond acceptors (Lipinski definition) is 3. The first kappa shape index (κ1) is 37.4. The number of halogens is 6. The lowest BCUT2D eigenvalue weighted by atomic mass is 10.0. The lowest BCUT2D eigenvalue weighted by Crippen LogP contribution is -2.37. The molecule has 0 N–H and O–H groups in total. The summed E-state index contributed by atoms with van der Waals surface area (Å²) in [6, 6.07) is 11.9. The lowest BCUT2D eigenvalue weighted by Gasteiger charge is -2.26. The number of amides is 1. The van der Waals surface area contributed by atoms with Crippen LogP contribution < -0.4 is 0 Å². The molecule has 0 saturated carbocycles. The van der Waals surface area contributed by atoms with Gasteiger partial charge in [0.1, 0.15) is 0 Å². The average molecular weight is 579 g/mol. The summed E-state index contributed by atoms with van der Waals surface area (Å²) in [6.07, 6.45) is -6.87. The van der Waals surface area contributed by atoms with Crippen LogP contribution in [0.5, 0.6) is 0 Å². The fourth-order valence-corrected chi connectivity index (χ4v) is 3.27. The van der Waals surface area contributed by atoms with Crippen molar-refractivity contribution in [2.45, 2.75) is 78.4 Å². The van der Waals surface area contributed by atoms with Crippen molar-refractivity contribution in [3.8, 4) is 0 Å². The first-order chi connectivity index (χ1) is 18.5. The number of rotatable bonds is 9. The Balaban J connectivity index is 0.000000671. The first-order valence-electron chi connectivity index (χ1n) is 13.3. The Labute approximate surface area is 235 Å². The minimum Gasteiger partial charge on any atom is -0.377 e. The van der Waals surface area contributed by atoms with Crippen molar-refractivity contribution in [1.29, 1.82) is 0 Å². The molecular formula is C30H44F6N2O2. The van der Waals surface area contributed by atoms with E-state index in [9.17, 15) is 31.1 Å². The molecular weight excluding hydrogens is 534 g/mol. The van der Waals surface area contributed by atoms with Crippen molar-refractivity contribution < 1.29 is 35.9 Å². The fraction of sp³-hybridized carbons (Fsp3) is 0.567. The second-order valence-electron chi connectivity index (χ2n) is 9.53. The zero-order valence-electron chi connectivity index (χ0n) is 24.8. The van der Waals surface area contributed by atoms with Crippen LogP contribution >= 0.6 is 0 Å². The molecule has 0 aromatic heterocycles. The molecule has 0 aliphatic rings. The lowest BCUT2D eigenvalue weighted by molar-refractivity contribution is -0.143. The van der Waals surface area contributed by atoms with E-state index in [2.05, 4.69) is 44.7 Å². The largest absolute Gasteiger partial charge is 0.416 e. The van der Waals surface area contributed by atoms with Crippen LogP contribution in [0.1, 0.15) is 88.3 Å². The summed E-state index contributed by atoms with van der Waals surface area (Å²) in [6.45, 7) is 11.2. The maximum Gasteiger partial charge on any atom is 0.416 e. The van der Waals surface area contributed by atoms with Gasteiger partial charge in [-0.2, -0.15) is 26.3 Å². The standard InChI is InChI=1S/C15H24N2O.C11H10F6O.C4H10/c1-5-11-16(3)15(18)12-17(4)13(2)14-9-7-6-8-10-14;1-6(18-2)7-3-8(10(12,13)14)5-9(4-7)11(15,16)17;1-3-4-2/h6-10,13H,5,11-12H2,1-4H3;3-6H,1-2H3;3-4H2,1-2H3. The minimum absolute atomic E-state index is 0.0892. The second kappa shape index (κ2) is 18.0. The highest BCUT2D eigenvalue weighted by Gasteiger charge is 2.37. The van der Waals surface area contributed by atoms with E-state index in [-0.39, 0.29) is 23.6 Å². The van der Waals surface area contributed by atoms with Gasteiger partial charge in [0.05, 0.1) is 23.8 Å². The molecule has 4 nitrogen and oxygen atoms in total. The van der Waals surface area contributed by atoms with E-state index in [1.54, 1.807) is 4.90 Å². The molecule has 1 amide bonds. The highest BCUT2D eigenvalue weighted by molar-refractivity contribution is 5.78. The molecule has 0 fully saturated rings. The van der Waals surface area contributed by atoms with Gasteiger partial charge in [-0.05, 0) is 56.6 Å². The molecule has 0 radical (unpaired) electrons. The van der Waals surface area contributed by atoms with Crippen LogP contribution in [0.4, 0.5) is 26.3 Å². The number of hydrogen-bond donors (Lipinski definition) is 0. The number of likely N-dealkylation sites (N-methyl/N-ethyl adjacent to an activating group) is 2. The van der Waals surface area contributed by atoms with Gasteiger partial charge in [-0.25, -0.2) is 0 Å². The van der Waals surface area contributed by atoms with Gasteiger partial charge in [0.2, 0.25) is 5.91 Å². The molecule has 0 saturated heterocycles. The molecule has 40 heavy (non-hydrogen) atoms. The molecule has 0 spiro atoms. The molecule has 10 heteroatoms. The van der Waals surface area contributed by atoms with E-state index in [1.165, 1.54) is 32.4 Å². The van der Waals surface area contributed by atoms with Gasteiger partial charge >= 0.3 is 12.4 Å². The monoisotopic (exact) mass is 578 g/mol. The number of methoxy groups -OCH3 is 1.